The molecule has 2 unspecified atom stereocenters. The van der Waals surface area contributed by atoms with Crippen molar-refractivity contribution in [1.82, 2.24) is 0 Å². The zero-order valence-corrected chi connectivity index (χ0v) is 15.0. The minimum absolute atomic E-state index is 0.177. The zero-order chi connectivity index (χ0) is 17.6. The molecule has 0 aliphatic carbocycles. The molecule has 0 spiro atoms. The van der Waals surface area contributed by atoms with Crippen molar-refractivity contribution in [1.29, 1.82) is 0 Å². The average molecular weight is 318 g/mol. The highest BCUT2D eigenvalue weighted by molar-refractivity contribution is 5.92. The van der Waals surface area contributed by atoms with E-state index in [-0.39, 0.29) is 25.4 Å². The summed E-state index contributed by atoms with van der Waals surface area (Å²) in [6.07, 6.45) is -0.613. The molecule has 0 rings (SSSR count). The van der Waals surface area contributed by atoms with E-state index in [1.807, 2.05) is 0 Å². The van der Waals surface area contributed by atoms with Gasteiger partial charge in [-0.25, -0.2) is 9.59 Å². The lowest BCUT2D eigenvalue weighted by molar-refractivity contribution is -0.241. The Bertz CT molecular complexity index is 343. The monoisotopic (exact) mass is 318 g/mol. The number of carbonyl (C=O) groups excluding carboxylic acids is 2. The molecule has 0 saturated carbocycles. The van der Waals surface area contributed by atoms with Crippen molar-refractivity contribution in [3.63, 3.8) is 0 Å². The molecule has 6 heteroatoms. The fourth-order valence-corrected chi connectivity index (χ4v) is 2.19. The fourth-order valence-electron chi connectivity index (χ4n) is 2.19. The molecule has 0 amide bonds. The van der Waals surface area contributed by atoms with Crippen LogP contribution in [0.15, 0.2) is 0 Å². The summed E-state index contributed by atoms with van der Waals surface area (Å²) >= 11 is 0. The van der Waals surface area contributed by atoms with Crippen molar-refractivity contribution in [2.24, 2.45) is 0 Å². The maximum absolute atomic E-state index is 12.5. The Labute approximate surface area is 133 Å². The van der Waals surface area contributed by atoms with Gasteiger partial charge in [0, 0.05) is 0 Å². The van der Waals surface area contributed by atoms with Gasteiger partial charge in [-0.15, -0.1) is 0 Å². The Morgan fingerprint density at radius 1 is 0.773 bits per heavy atom. The van der Waals surface area contributed by atoms with Crippen molar-refractivity contribution in [3.05, 3.63) is 0 Å². The molecular formula is C16H30O6. The lowest BCUT2D eigenvalue weighted by Gasteiger charge is -2.43. The average Bonchev–Trinajstić information content (AvgIpc) is 2.37. The van der Waals surface area contributed by atoms with E-state index in [4.69, 9.17) is 18.9 Å². The largest absolute Gasteiger partial charge is 0.464 e. The molecule has 130 valence electrons. The SMILES string of the molecule is CCOC(=O)C(C)(OC(C)C)C(C)(OC(C)C)C(=O)OCC. The minimum atomic E-state index is -1.62. The first kappa shape index (κ1) is 20.9. The van der Waals surface area contributed by atoms with Gasteiger partial charge in [-0.1, -0.05) is 0 Å². The van der Waals surface area contributed by atoms with Crippen LogP contribution >= 0.6 is 0 Å². The topological polar surface area (TPSA) is 71.1 Å². The number of ether oxygens (including phenoxy) is 4. The van der Waals surface area contributed by atoms with Crippen LogP contribution < -0.4 is 0 Å². The maximum atomic E-state index is 12.5. The van der Waals surface area contributed by atoms with Gasteiger partial charge in [0.1, 0.15) is 0 Å². The first-order valence-corrected chi connectivity index (χ1v) is 7.75. The molecule has 0 aromatic heterocycles. The summed E-state index contributed by atoms with van der Waals surface area (Å²) < 4.78 is 21.8. The summed E-state index contributed by atoms with van der Waals surface area (Å²) in [5.74, 6) is -1.31. The summed E-state index contributed by atoms with van der Waals surface area (Å²) in [5, 5.41) is 0. The van der Waals surface area contributed by atoms with Crippen molar-refractivity contribution in [2.45, 2.75) is 78.8 Å². The van der Waals surface area contributed by atoms with Gasteiger partial charge in [0.25, 0.3) is 0 Å². The fraction of sp³-hybridized carbons (Fsp3) is 0.875. The second kappa shape index (κ2) is 8.48. The van der Waals surface area contributed by atoms with Crippen LogP contribution in [0.1, 0.15) is 55.4 Å². The molecule has 0 aliphatic rings. The molecule has 0 heterocycles. The highest BCUT2D eigenvalue weighted by Crippen LogP contribution is 2.35. The maximum Gasteiger partial charge on any atom is 0.341 e. The second-order valence-electron chi connectivity index (χ2n) is 5.84. The normalized spacial score (nSPS) is 17.0. The Kier molecular flexibility index (Phi) is 8.04. The molecule has 0 N–H and O–H groups in total. The van der Waals surface area contributed by atoms with Crippen molar-refractivity contribution < 1.29 is 28.5 Å². The van der Waals surface area contributed by atoms with Crippen LogP contribution in [0.2, 0.25) is 0 Å². The van der Waals surface area contributed by atoms with Crippen molar-refractivity contribution in [2.75, 3.05) is 13.2 Å². The van der Waals surface area contributed by atoms with Gasteiger partial charge in [0.2, 0.25) is 11.2 Å². The van der Waals surface area contributed by atoms with Gasteiger partial charge in [0.05, 0.1) is 25.4 Å². The third kappa shape index (κ3) is 4.68. The predicted molar refractivity (Wildman–Crippen MR) is 82.5 cm³/mol. The minimum Gasteiger partial charge on any atom is -0.464 e. The van der Waals surface area contributed by atoms with Gasteiger partial charge in [-0.2, -0.15) is 0 Å². The van der Waals surface area contributed by atoms with Gasteiger partial charge in [0.15, 0.2) is 0 Å². The molecule has 0 bridgehead atoms. The number of hydrogen-bond acceptors (Lipinski definition) is 6. The molecule has 2 atom stereocenters. The van der Waals surface area contributed by atoms with E-state index in [0.29, 0.717) is 0 Å². The molecule has 0 fully saturated rings. The van der Waals surface area contributed by atoms with E-state index < -0.39 is 23.1 Å². The molecular weight excluding hydrogens is 288 g/mol. The van der Waals surface area contributed by atoms with Crippen LogP contribution in [-0.2, 0) is 28.5 Å². The summed E-state index contributed by atoms with van der Waals surface area (Å²) in [6.45, 7) is 13.9. The zero-order valence-electron chi connectivity index (χ0n) is 15.0. The van der Waals surface area contributed by atoms with Crippen molar-refractivity contribution >= 4 is 11.9 Å². The number of esters is 2. The van der Waals surface area contributed by atoms with Crippen LogP contribution in [-0.4, -0.2) is 48.6 Å². The summed E-state index contributed by atoms with van der Waals surface area (Å²) in [5.41, 5.74) is -3.23. The third-order valence-electron chi connectivity index (χ3n) is 3.18. The first-order valence-electron chi connectivity index (χ1n) is 7.75. The summed E-state index contributed by atoms with van der Waals surface area (Å²) in [4.78, 5) is 25.0. The van der Waals surface area contributed by atoms with Gasteiger partial charge < -0.3 is 18.9 Å². The Morgan fingerprint density at radius 2 is 1.05 bits per heavy atom. The van der Waals surface area contributed by atoms with Crippen LogP contribution in [0.4, 0.5) is 0 Å². The summed E-state index contributed by atoms with van der Waals surface area (Å²) in [6, 6.07) is 0. The van der Waals surface area contributed by atoms with E-state index in [9.17, 15) is 9.59 Å². The van der Waals surface area contributed by atoms with E-state index in [1.165, 1.54) is 13.8 Å². The van der Waals surface area contributed by atoms with Crippen LogP contribution in [0.25, 0.3) is 0 Å². The standard InChI is InChI=1S/C16H30O6/c1-9-19-13(17)15(7,21-11(3)4)16(8,22-12(5)6)14(18)20-10-2/h11-12H,9-10H2,1-8H3. The van der Waals surface area contributed by atoms with Crippen LogP contribution in [0.5, 0.6) is 0 Å². The molecule has 0 radical (unpaired) electrons. The quantitative estimate of drug-likeness (QED) is 0.608. The number of rotatable bonds is 9. The van der Waals surface area contributed by atoms with Gasteiger partial charge in [-0.3, -0.25) is 0 Å². The first-order chi connectivity index (χ1) is 10.0. The van der Waals surface area contributed by atoms with Crippen LogP contribution in [0, 0.1) is 0 Å². The summed E-state index contributed by atoms with van der Waals surface area (Å²) in [7, 11) is 0. The third-order valence-corrected chi connectivity index (χ3v) is 3.18. The van der Waals surface area contributed by atoms with Crippen LogP contribution in [0.3, 0.4) is 0 Å². The smallest absolute Gasteiger partial charge is 0.341 e. The number of hydrogen-bond donors (Lipinski definition) is 0. The molecule has 6 nitrogen and oxygen atoms in total. The Balaban J connectivity index is 5.92. The molecule has 0 aliphatic heterocycles. The van der Waals surface area contributed by atoms with Gasteiger partial charge >= 0.3 is 11.9 Å². The Morgan fingerprint density at radius 3 is 1.23 bits per heavy atom. The molecule has 0 saturated heterocycles. The van der Waals surface area contributed by atoms with E-state index in [1.54, 1.807) is 41.5 Å². The van der Waals surface area contributed by atoms with E-state index in [0.717, 1.165) is 0 Å². The van der Waals surface area contributed by atoms with E-state index >= 15 is 0 Å². The van der Waals surface area contributed by atoms with Gasteiger partial charge in [-0.05, 0) is 55.4 Å². The molecule has 0 aromatic rings. The highest BCUT2D eigenvalue weighted by atomic mass is 16.6. The molecule has 22 heavy (non-hydrogen) atoms. The lowest BCUT2D eigenvalue weighted by Crippen LogP contribution is -2.65. The highest BCUT2D eigenvalue weighted by Gasteiger charge is 2.60. The predicted octanol–water partition coefficient (Wildman–Crippen LogP) is 2.48. The number of carbonyl (C=O) groups is 2. The second-order valence-corrected chi connectivity index (χ2v) is 5.84. The van der Waals surface area contributed by atoms with Crippen molar-refractivity contribution in [3.8, 4) is 0 Å². The Hall–Kier alpha value is -1.14. The lowest BCUT2D eigenvalue weighted by atomic mass is 9.84. The van der Waals surface area contributed by atoms with E-state index in [2.05, 4.69) is 0 Å². The molecule has 0 aromatic carbocycles.